The van der Waals surface area contributed by atoms with Crippen LogP contribution in [0.1, 0.15) is 30.2 Å². The van der Waals surface area contributed by atoms with E-state index in [1.54, 1.807) is 16.6 Å². The van der Waals surface area contributed by atoms with Crippen LogP contribution < -0.4 is 5.32 Å². The van der Waals surface area contributed by atoms with Crippen LogP contribution in [0.3, 0.4) is 0 Å². The number of anilines is 1. The molecule has 1 aliphatic rings. The molecule has 0 amide bonds. The molecular formula is C17H18FN5. The van der Waals surface area contributed by atoms with E-state index in [1.807, 2.05) is 0 Å². The van der Waals surface area contributed by atoms with Gasteiger partial charge in [-0.25, -0.2) is 9.37 Å². The lowest BCUT2D eigenvalue weighted by atomic mass is 9.88. The highest BCUT2D eigenvalue weighted by molar-refractivity contribution is 5.54. The molecule has 4 rings (SSSR count). The van der Waals surface area contributed by atoms with Gasteiger partial charge >= 0.3 is 0 Å². The third kappa shape index (κ3) is 2.65. The van der Waals surface area contributed by atoms with Crippen LogP contribution >= 0.6 is 0 Å². The first-order chi connectivity index (χ1) is 11.2. The summed E-state index contributed by atoms with van der Waals surface area (Å²) in [4.78, 5) is 8.88. The van der Waals surface area contributed by atoms with Crippen molar-refractivity contribution in [2.75, 3.05) is 5.32 Å². The molecule has 23 heavy (non-hydrogen) atoms. The van der Waals surface area contributed by atoms with Crippen molar-refractivity contribution in [2.24, 2.45) is 5.92 Å². The van der Waals surface area contributed by atoms with Gasteiger partial charge in [0.2, 0.25) is 0 Å². The smallest absolute Gasteiger partial charge is 0.254 e. The zero-order valence-electron chi connectivity index (χ0n) is 13.0. The van der Waals surface area contributed by atoms with Crippen LogP contribution in [-0.2, 0) is 19.4 Å². The van der Waals surface area contributed by atoms with E-state index in [4.69, 9.17) is 0 Å². The number of rotatable bonds is 3. The van der Waals surface area contributed by atoms with E-state index in [-0.39, 0.29) is 5.82 Å². The monoisotopic (exact) mass is 311 g/mol. The average molecular weight is 311 g/mol. The Morgan fingerprint density at radius 2 is 2.13 bits per heavy atom. The minimum Gasteiger partial charge on any atom is -0.366 e. The SMILES string of the molecule is C[C@H]1CCc2c(nc3ncnn3c2NCc2ccc(F)cc2)C1. The maximum atomic E-state index is 13.0. The molecule has 0 fully saturated rings. The molecule has 5 nitrogen and oxygen atoms in total. The Bertz CT molecular complexity index is 840. The fraction of sp³-hybridized carbons (Fsp3) is 0.353. The summed E-state index contributed by atoms with van der Waals surface area (Å²) >= 11 is 0. The Labute approximate surface area is 133 Å². The predicted molar refractivity (Wildman–Crippen MR) is 85.7 cm³/mol. The Morgan fingerprint density at radius 1 is 1.30 bits per heavy atom. The first-order valence-corrected chi connectivity index (χ1v) is 7.90. The van der Waals surface area contributed by atoms with Gasteiger partial charge in [-0.3, -0.25) is 0 Å². The zero-order valence-corrected chi connectivity index (χ0v) is 13.0. The molecule has 1 aromatic carbocycles. The molecule has 1 atom stereocenters. The van der Waals surface area contributed by atoms with Crippen LogP contribution in [0.15, 0.2) is 30.6 Å². The van der Waals surface area contributed by atoms with Crippen LogP contribution in [0, 0.1) is 11.7 Å². The second-order valence-corrected chi connectivity index (χ2v) is 6.19. The summed E-state index contributed by atoms with van der Waals surface area (Å²) in [6.45, 7) is 2.87. The van der Waals surface area contributed by atoms with Crippen LogP contribution in [-0.4, -0.2) is 19.6 Å². The Balaban J connectivity index is 1.70. The van der Waals surface area contributed by atoms with Gasteiger partial charge in [-0.05, 0) is 42.9 Å². The summed E-state index contributed by atoms with van der Waals surface area (Å²) in [5.41, 5.74) is 3.36. The highest BCUT2D eigenvalue weighted by Gasteiger charge is 2.22. The van der Waals surface area contributed by atoms with E-state index >= 15 is 0 Å². The Kier molecular flexibility index (Phi) is 3.44. The van der Waals surface area contributed by atoms with E-state index in [0.29, 0.717) is 18.2 Å². The van der Waals surface area contributed by atoms with Gasteiger partial charge in [-0.2, -0.15) is 14.6 Å². The van der Waals surface area contributed by atoms with Crippen LogP contribution in [0.5, 0.6) is 0 Å². The molecule has 118 valence electrons. The first-order valence-electron chi connectivity index (χ1n) is 7.90. The lowest BCUT2D eigenvalue weighted by Crippen LogP contribution is -2.19. The van der Waals surface area contributed by atoms with Gasteiger partial charge in [0, 0.05) is 12.1 Å². The molecule has 0 radical (unpaired) electrons. The van der Waals surface area contributed by atoms with Gasteiger partial charge in [0.05, 0.1) is 5.69 Å². The largest absolute Gasteiger partial charge is 0.366 e. The van der Waals surface area contributed by atoms with Crippen molar-refractivity contribution in [3.8, 4) is 0 Å². The lowest BCUT2D eigenvalue weighted by Gasteiger charge is -2.23. The van der Waals surface area contributed by atoms with Crippen LogP contribution in [0.25, 0.3) is 5.78 Å². The molecule has 0 saturated carbocycles. The number of nitrogens with zero attached hydrogens (tertiary/aromatic N) is 4. The highest BCUT2D eigenvalue weighted by atomic mass is 19.1. The van der Waals surface area contributed by atoms with Gasteiger partial charge in [-0.1, -0.05) is 19.1 Å². The Morgan fingerprint density at radius 3 is 2.96 bits per heavy atom. The second kappa shape index (κ2) is 5.61. The van der Waals surface area contributed by atoms with E-state index in [0.717, 1.165) is 36.3 Å². The predicted octanol–water partition coefficient (Wildman–Crippen LogP) is 3.00. The number of hydrogen-bond donors (Lipinski definition) is 1. The average Bonchev–Trinajstić information content (AvgIpc) is 3.01. The summed E-state index contributed by atoms with van der Waals surface area (Å²) in [6, 6.07) is 6.53. The quantitative estimate of drug-likeness (QED) is 0.808. The van der Waals surface area contributed by atoms with Gasteiger partial charge in [0.25, 0.3) is 5.78 Å². The van der Waals surface area contributed by atoms with Gasteiger partial charge in [0.1, 0.15) is 18.0 Å². The standard InChI is InChI=1S/C17H18FN5/c1-11-2-7-14-15(8-11)22-17-20-10-21-23(17)16(14)19-9-12-3-5-13(18)6-4-12/h3-6,10-11,19H,2,7-9H2,1H3/t11-/m0/s1. The number of hydrogen-bond acceptors (Lipinski definition) is 4. The number of benzene rings is 1. The summed E-state index contributed by atoms with van der Waals surface area (Å²) in [5, 5.41) is 7.74. The van der Waals surface area contributed by atoms with Crippen molar-refractivity contribution < 1.29 is 4.39 Å². The topological polar surface area (TPSA) is 55.1 Å². The molecule has 0 saturated heterocycles. The molecule has 1 N–H and O–H groups in total. The first kappa shape index (κ1) is 14.1. The van der Waals surface area contributed by atoms with E-state index in [9.17, 15) is 4.39 Å². The van der Waals surface area contributed by atoms with E-state index in [2.05, 4.69) is 27.3 Å². The van der Waals surface area contributed by atoms with Crippen LogP contribution in [0.4, 0.5) is 10.2 Å². The third-order valence-corrected chi connectivity index (χ3v) is 4.41. The molecule has 0 aliphatic heterocycles. The fourth-order valence-electron chi connectivity index (χ4n) is 3.15. The summed E-state index contributed by atoms with van der Waals surface area (Å²) in [5.74, 6) is 2.01. The summed E-state index contributed by atoms with van der Waals surface area (Å²) < 4.78 is 14.8. The number of nitrogens with one attached hydrogen (secondary N) is 1. The maximum Gasteiger partial charge on any atom is 0.254 e. The maximum absolute atomic E-state index is 13.0. The molecule has 0 spiro atoms. The van der Waals surface area contributed by atoms with Crippen molar-refractivity contribution in [3.05, 3.63) is 53.2 Å². The van der Waals surface area contributed by atoms with Gasteiger partial charge in [0.15, 0.2) is 0 Å². The molecule has 3 aromatic rings. The molecule has 0 unspecified atom stereocenters. The minimum atomic E-state index is -0.220. The van der Waals surface area contributed by atoms with Crippen molar-refractivity contribution in [3.63, 3.8) is 0 Å². The molecule has 2 aromatic heterocycles. The molecule has 6 heteroatoms. The van der Waals surface area contributed by atoms with Crippen molar-refractivity contribution >= 4 is 11.6 Å². The molecule has 1 aliphatic carbocycles. The third-order valence-electron chi connectivity index (χ3n) is 4.41. The van der Waals surface area contributed by atoms with Crippen molar-refractivity contribution in [1.29, 1.82) is 0 Å². The van der Waals surface area contributed by atoms with Gasteiger partial charge in [-0.15, -0.1) is 0 Å². The van der Waals surface area contributed by atoms with Crippen molar-refractivity contribution in [1.82, 2.24) is 19.6 Å². The second-order valence-electron chi connectivity index (χ2n) is 6.19. The van der Waals surface area contributed by atoms with E-state index in [1.165, 1.54) is 24.0 Å². The summed E-state index contributed by atoms with van der Waals surface area (Å²) in [6.07, 6.45) is 4.65. The number of aromatic nitrogens is 4. The molecular weight excluding hydrogens is 293 g/mol. The van der Waals surface area contributed by atoms with Gasteiger partial charge < -0.3 is 5.32 Å². The highest BCUT2D eigenvalue weighted by Crippen LogP contribution is 2.30. The zero-order chi connectivity index (χ0) is 15.8. The minimum absolute atomic E-state index is 0.220. The number of halogens is 1. The van der Waals surface area contributed by atoms with Crippen LogP contribution in [0.2, 0.25) is 0 Å². The Hall–Kier alpha value is -2.50. The fourth-order valence-corrected chi connectivity index (χ4v) is 3.15. The normalized spacial score (nSPS) is 17.2. The number of fused-ring (bicyclic) bond motifs is 2. The lowest BCUT2D eigenvalue weighted by molar-refractivity contribution is 0.491. The summed E-state index contributed by atoms with van der Waals surface area (Å²) in [7, 11) is 0. The van der Waals surface area contributed by atoms with E-state index < -0.39 is 0 Å². The molecule has 0 bridgehead atoms. The molecule has 2 heterocycles. The van der Waals surface area contributed by atoms with Crippen molar-refractivity contribution in [2.45, 2.75) is 32.7 Å².